The minimum absolute atomic E-state index is 0.0270. The van der Waals surface area contributed by atoms with Crippen LogP contribution in [0, 0.1) is 13.8 Å². The summed E-state index contributed by atoms with van der Waals surface area (Å²) in [4.78, 5) is 17.8. The Bertz CT molecular complexity index is 844. The van der Waals surface area contributed by atoms with Gasteiger partial charge in [-0.3, -0.25) is 9.48 Å². The largest absolute Gasteiger partial charge is 0.484 e. The van der Waals surface area contributed by atoms with E-state index < -0.39 is 0 Å². The van der Waals surface area contributed by atoms with E-state index in [1.165, 1.54) is 10.6 Å². The molecule has 0 fully saturated rings. The highest BCUT2D eigenvalue weighted by Gasteiger charge is 2.06. The van der Waals surface area contributed by atoms with Crippen molar-refractivity contribution in [3.63, 3.8) is 0 Å². The highest BCUT2D eigenvalue weighted by atomic mass is 16.5. The molecule has 8 heteroatoms. The quantitative estimate of drug-likeness (QED) is 0.353. The average Bonchev–Trinajstić information content (AvgIpc) is 3.04. The van der Waals surface area contributed by atoms with Crippen molar-refractivity contribution in [2.75, 3.05) is 33.8 Å². The van der Waals surface area contributed by atoms with Gasteiger partial charge in [-0.25, -0.2) is 4.99 Å². The van der Waals surface area contributed by atoms with Crippen LogP contribution in [0.3, 0.4) is 0 Å². The third-order valence-electron chi connectivity index (χ3n) is 4.47. The van der Waals surface area contributed by atoms with Gasteiger partial charge in [0.1, 0.15) is 5.75 Å². The van der Waals surface area contributed by atoms with E-state index in [1.807, 2.05) is 42.8 Å². The maximum atomic E-state index is 11.7. The number of hydrogen-bond acceptors (Lipinski definition) is 4. The fourth-order valence-electron chi connectivity index (χ4n) is 2.86. The second-order valence-corrected chi connectivity index (χ2v) is 7.35. The monoisotopic (exact) mass is 414 g/mol. The Morgan fingerprint density at radius 1 is 1.23 bits per heavy atom. The van der Waals surface area contributed by atoms with Crippen LogP contribution in [0.1, 0.15) is 30.3 Å². The summed E-state index contributed by atoms with van der Waals surface area (Å²) in [6.07, 6.45) is 0.954. The number of hydrogen-bond donors (Lipinski definition) is 2. The number of benzene rings is 1. The summed E-state index contributed by atoms with van der Waals surface area (Å²) in [6.45, 7) is 9.15. The maximum absolute atomic E-state index is 11.7. The minimum atomic E-state index is -0.0717. The molecule has 30 heavy (non-hydrogen) atoms. The molecule has 0 saturated carbocycles. The van der Waals surface area contributed by atoms with Gasteiger partial charge in [-0.2, -0.15) is 5.10 Å². The molecule has 0 aliphatic rings. The lowest BCUT2D eigenvalue weighted by Crippen LogP contribution is -2.38. The first-order valence-corrected chi connectivity index (χ1v) is 10.3. The van der Waals surface area contributed by atoms with E-state index in [9.17, 15) is 4.79 Å². The number of aliphatic imine (C=N–C) groups is 1. The zero-order chi connectivity index (χ0) is 21.9. The molecule has 2 aromatic rings. The average molecular weight is 415 g/mol. The van der Waals surface area contributed by atoms with E-state index in [0.29, 0.717) is 12.3 Å². The Hall–Kier alpha value is -3.03. The van der Waals surface area contributed by atoms with Crippen molar-refractivity contribution in [1.82, 2.24) is 25.3 Å². The van der Waals surface area contributed by atoms with Crippen molar-refractivity contribution in [2.45, 2.75) is 40.3 Å². The Balaban J connectivity index is 1.85. The molecule has 1 aromatic heterocycles. The van der Waals surface area contributed by atoms with Gasteiger partial charge in [0.25, 0.3) is 5.91 Å². The zero-order valence-corrected chi connectivity index (χ0v) is 18.7. The first-order chi connectivity index (χ1) is 14.4. The van der Waals surface area contributed by atoms with E-state index >= 15 is 0 Å². The first kappa shape index (κ1) is 23.3. The molecule has 0 spiro atoms. The van der Waals surface area contributed by atoms with Crippen LogP contribution in [0.2, 0.25) is 0 Å². The summed E-state index contributed by atoms with van der Waals surface area (Å²) < 4.78 is 7.61. The van der Waals surface area contributed by atoms with Crippen molar-refractivity contribution in [3.8, 4) is 5.75 Å². The molecular weight excluding hydrogens is 380 g/mol. The summed E-state index contributed by atoms with van der Waals surface area (Å²) in [7, 11) is 3.42. The normalized spacial score (nSPS) is 11.3. The Labute approximate surface area is 179 Å². The lowest BCUT2D eigenvalue weighted by atomic mass is 10.2. The van der Waals surface area contributed by atoms with E-state index in [2.05, 4.69) is 33.7 Å². The standard InChI is InChI=1S/C22H34N6O2/c1-6-23-22(24-11-8-12-28-18(3)13-17(2)26-28)25-15-19-9-7-10-20(14-19)30-16-21(29)27(4)5/h7,9-10,13-14H,6,8,11-12,15-16H2,1-5H3,(H2,23,24,25). The summed E-state index contributed by atoms with van der Waals surface area (Å²) in [5.41, 5.74) is 3.25. The Kier molecular flexibility index (Phi) is 9.18. The number of likely N-dealkylation sites (N-methyl/N-ethyl adjacent to an activating group) is 1. The molecule has 0 aliphatic carbocycles. The maximum Gasteiger partial charge on any atom is 0.259 e. The second kappa shape index (κ2) is 11.8. The van der Waals surface area contributed by atoms with E-state index in [1.54, 1.807) is 14.1 Å². The smallest absolute Gasteiger partial charge is 0.259 e. The predicted molar refractivity (Wildman–Crippen MR) is 120 cm³/mol. The van der Waals surface area contributed by atoms with Gasteiger partial charge in [0.2, 0.25) is 0 Å². The van der Waals surface area contributed by atoms with Crippen molar-refractivity contribution < 1.29 is 9.53 Å². The van der Waals surface area contributed by atoms with Crippen molar-refractivity contribution in [1.29, 1.82) is 0 Å². The lowest BCUT2D eigenvalue weighted by Gasteiger charge is -2.13. The molecule has 0 aliphatic heterocycles. The topological polar surface area (TPSA) is 83.8 Å². The summed E-state index contributed by atoms with van der Waals surface area (Å²) in [5.74, 6) is 1.37. The molecule has 2 N–H and O–H groups in total. The number of ether oxygens (including phenoxy) is 1. The molecule has 1 aromatic carbocycles. The molecule has 0 saturated heterocycles. The Morgan fingerprint density at radius 2 is 2.03 bits per heavy atom. The molecule has 1 amide bonds. The molecule has 0 atom stereocenters. The van der Waals surface area contributed by atoms with Gasteiger partial charge >= 0.3 is 0 Å². The van der Waals surface area contributed by atoms with Gasteiger partial charge in [-0.1, -0.05) is 12.1 Å². The van der Waals surface area contributed by atoms with Crippen LogP contribution in [0.25, 0.3) is 0 Å². The molecule has 2 rings (SSSR count). The van der Waals surface area contributed by atoms with Crippen molar-refractivity contribution in [2.24, 2.45) is 4.99 Å². The van der Waals surface area contributed by atoms with Gasteiger partial charge in [-0.15, -0.1) is 0 Å². The lowest BCUT2D eigenvalue weighted by molar-refractivity contribution is -0.130. The third-order valence-corrected chi connectivity index (χ3v) is 4.47. The van der Waals surface area contributed by atoms with Crippen molar-refractivity contribution in [3.05, 3.63) is 47.3 Å². The molecule has 0 radical (unpaired) electrons. The summed E-state index contributed by atoms with van der Waals surface area (Å²) in [6, 6.07) is 9.76. The number of aryl methyl sites for hydroxylation is 3. The highest BCUT2D eigenvalue weighted by molar-refractivity contribution is 5.79. The van der Waals surface area contributed by atoms with Crippen LogP contribution >= 0.6 is 0 Å². The van der Waals surface area contributed by atoms with Crippen LogP contribution < -0.4 is 15.4 Å². The summed E-state index contributed by atoms with van der Waals surface area (Å²) >= 11 is 0. The van der Waals surface area contributed by atoms with Crippen LogP contribution in [0.5, 0.6) is 5.75 Å². The molecular formula is C22H34N6O2. The number of rotatable bonds is 10. The van der Waals surface area contributed by atoms with Gasteiger partial charge in [-0.05, 0) is 51.0 Å². The number of guanidine groups is 1. The van der Waals surface area contributed by atoms with E-state index in [4.69, 9.17) is 4.74 Å². The molecule has 8 nitrogen and oxygen atoms in total. The SMILES string of the molecule is CCNC(=NCc1cccc(OCC(=O)N(C)C)c1)NCCCn1nc(C)cc1C. The third kappa shape index (κ3) is 7.77. The van der Waals surface area contributed by atoms with E-state index in [0.717, 1.165) is 43.3 Å². The fourth-order valence-corrected chi connectivity index (χ4v) is 2.86. The van der Waals surface area contributed by atoms with Crippen molar-refractivity contribution >= 4 is 11.9 Å². The number of amides is 1. The molecule has 164 valence electrons. The van der Waals surface area contributed by atoms with Crippen LogP contribution in [0.15, 0.2) is 35.3 Å². The minimum Gasteiger partial charge on any atom is -0.484 e. The molecule has 1 heterocycles. The second-order valence-electron chi connectivity index (χ2n) is 7.35. The summed E-state index contributed by atoms with van der Waals surface area (Å²) in [5, 5.41) is 11.1. The highest BCUT2D eigenvalue weighted by Crippen LogP contribution is 2.14. The zero-order valence-electron chi connectivity index (χ0n) is 18.7. The van der Waals surface area contributed by atoms with Gasteiger partial charge in [0, 0.05) is 39.4 Å². The van der Waals surface area contributed by atoms with Gasteiger partial charge in [0.05, 0.1) is 12.2 Å². The predicted octanol–water partition coefficient (Wildman–Crippen LogP) is 2.11. The molecule has 0 unspecified atom stereocenters. The van der Waals surface area contributed by atoms with E-state index in [-0.39, 0.29) is 12.5 Å². The number of carbonyl (C=O) groups excluding carboxylic acids is 1. The number of carbonyl (C=O) groups is 1. The van der Waals surface area contributed by atoms with Crippen LogP contribution in [-0.2, 0) is 17.9 Å². The van der Waals surface area contributed by atoms with Gasteiger partial charge < -0.3 is 20.3 Å². The number of nitrogens with one attached hydrogen (secondary N) is 2. The first-order valence-electron chi connectivity index (χ1n) is 10.3. The van der Waals surface area contributed by atoms with Crippen LogP contribution in [0.4, 0.5) is 0 Å². The fraction of sp³-hybridized carbons (Fsp3) is 0.500. The van der Waals surface area contributed by atoms with Crippen LogP contribution in [-0.4, -0.2) is 60.3 Å². The number of nitrogens with zero attached hydrogens (tertiary/aromatic N) is 4. The number of aromatic nitrogens is 2. The van der Waals surface area contributed by atoms with Gasteiger partial charge in [0.15, 0.2) is 12.6 Å². The molecule has 0 bridgehead atoms. The Morgan fingerprint density at radius 3 is 2.70 bits per heavy atom.